The van der Waals surface area contributed by atoms with E-state index in [1.54, 1.807) is 0 Å². The van der Waals surface area contributed by atoms with Crippen LogP contribution in [-0.4, -0.2) is 47.3 Å². The molecule has 4 atom stereocenters. The summed E-state index contributed by atoms with van der Waals surface area (Å²) in [5.74, 6) is -1.31. The number of hydrogen-bond donors (Lipinski definition) is 0. The molecule has 2 aromatic carbocycles. The number of likely N-dealkylation sites (tertiary alicyclic amines) is 1. The zero-order valence-electron chi connectivity index (χ0n) is 16.5. The number of esters is 2. The van der Waals surface area contributed by atoms with Crippen molar-refractivity contribution in [1.29, 1.82) is 0 Å². The minimum atomic E-state index is -1.64. The Labute approximate surface area is 169 Å². The summed E-state index contributed by atoms with van der Waals surface area (Å²) in [6.45, 7) is 3.03. The molecule has 3 saturated heterocycles. The van der Waals surface area contributed by atoms with Crippen LogP contribution in [0.4, 0.5) is 0 Å². The van der Waals surface area contributed by atoms with E-state index in [-0.39, 0.29) is 6.04 Å². The van der Waals surface area contributed by atoms with Gasteiger partial charge in [-0.2, -0.15) is 0 Å². The summed E-state index contributed by atoms with van der Waals surface area (Å²) < 4.78 is 16.7. The maximum absolute atomic E-state index is 12.7. The molecule has 3 heterocycles. The van der Waals surface area contributed by atoms with Crippen LogP contribution in [0.15, 0.2) is 60.7 Å². The van der Waals surface area contributed by atoms with Crippen molar-refractivity contribution >= 4 is 11.9 Å². The van der Waals surface area contributed by atoms with Crippen LogP contribution in [0.2, 0.25) is 0 Å². The molecule has 3 fully saturated rings. The van der Waals surface area contributed by atoms with Gasteiger partial charge in [-0.3, -0.25) is 4.90 Å². The van der Waals surface area contributed by atoms with Gasteiger partial charge in [-0.25, -0.2) is 9.59 Å². The van der Waals surface area contributed by atoms with Gasteiger partial charge < -0.3 is 14.2 Å². The quantitative estimate of drug-likeness (QED) is 0.452. The van der Waals surface area contributed by atoms with E-state index < -0.39 is 28.7 Å². The molecule has 0 N–H and O–H groups in total. The van der Waals surface area contributed by atoms with Crippen molar-refractivity contribution < 1.29 is 23.8 Å². The molecule has 0 bridgehead atoms. The van der Waals surface area contributed by atoms with Gasteiger partial charge in [-0.1, -0.05) is 60.7 Å². The van der Waals surface area contributed by atoms with Crippen molar-refractivity contribution in [3.63, 3.8) is 0 Å². The maximum atomic E-state index is 12.7. The van der Waals surface area contributed by atoms with E-state index in [4.69, 9.17) is 14.2 Å². The monoisotopic (exact) mass is 393 g/mol. The Bertz CT molecular complexity index is 964. The third-order valence-electron chi connectivity index (χ3n) is 6.63. The van der Waals surface area contributed by atoms with Crippen LogP contribution < -0.4 is 0 Å². The molecule has 1 spiro atoms. The van der Waals surface area contributed by atoms with Crippen LogP contribution in [0.3, 0.4) is 0 Å². The Hall–Kier alpha value is -2.70. The summed E-state index contributed by atoms with van der Waals surface area (Å²) in [6.07, 6.45) is 0.473. The van der Waals surface area contributed by atoms with Crippen molar-refractivity contribution in [1.82, 2.24) is 4.90 Å². The Morgan fingerprint density at radius 2 is 1.79 bits per heavy atom. The number of nitrogens with zero attached hydrogens (tertiary/aromatic N) is 1. The summed E-state index contributed by atoms with van der Waals surface area (Å²) >= 11 is 0. The normalized spacial score (nSPS) is 35.4. The number of carbonyl (C=O) groups is 2. The van der Waals surface area contributed by atoms with E-state index in [9.17, 15) is 9.59 Å². The zero-order chi connectivity index (χ0) is 20.3. The highest BCUT2D eigenvalue weighted by Crippen LogP contribution is 2.68. The minimum absolute atomic E-state index is 0.0227. The van der Waals surface area contributed by atoms with E-state index in [0.29, 0.717) is 19.5 Å². The molecule has 0 aromatic heterocycles. The molecule has 29 heavy (non-hydrogen) atoms. The van der Waals surface area contributed by atoms with Crippen LogP contribution >= 0.6 is 0 Å². The van der Waals surface area contributed by atoms with E-state index >= 15 is 0 Å². The standard InChI is InChI=1S/C23H23NO5/c1-21-15-24(14-16-9-5-3-6-10-16)18(17-11-7-4-8-12-17)13-22(21)23(29-22,19(25)27-2)20(26)28-21/h3-12,18H,13-15H2,1-2H3/t18-,21-,22+,23-/m1/s1. The Morgan fingerprint density at radius 1 is 1.14 bits per heavy atom. The summed E-state index contributed by atoms with van der Waals surface area (Å²) in [5.41, 5.74) is -1.26. The molecule has 0 unspecified atom stereocenters. The number of benzene rings is 2. The first-order valence-corrected chi connectivity index (χ1v) is 9.81. The molecule has 0 saturated carbocycles. The van der Waals surface area contributed by atoms with Gasteiger partial charge in [0, 0.05) is 25.6 Å². The smallest absolute Gasteiger partial charge is 0.354 e. The summed E-state index contributed by atoms with van der Waals surface area (Å²) in [7, 11) is 1.27. The molecule has 0 radical (unpaired) electrons. The average Bonchev–Trinajstić information content (AvgIpc) is 3.38. The van der Waals surface area contributed by atoms with Gasteiger partial charge in [-0.05, 0) is 18.1 Å². The highest BCUT2D eigenvalue weighted by atomic mass is 16.7. The molecular formula is C23H23NO5. The molecule has 0 amide bonds. The van der Waals surface area contributed by atoms with Crippen LogP contribution in [0.25, 0.3) is 0 Å². The van der Waals surface area contributed by atoms with E-state index in [0.717, 1.165) is 5.56 Å². The molecule has 3 aliphatic heterocycles. The lowest BCUT2D eigenvalue weighted by Crippen LogP contribution is -2.58. The molecule has 6 heteroatoms. The van der Waals surface area contributed by atoms with Gasteiger partial charge in [0.15, 0.2) is 11.2 Å². The Balaban J connectivity index is 1.55. The first kappa shape index (κ1) is 18.3. The third-order valence-corrected chi connectivity index (χ3v) is 6.63. The molecule has 5 rings (SSSR count). The fourth-order valence-corrected chi connectivity index (χ4v) is 5.16. The van der Waals surface area contributed by atoms with Crippen molar-refractivity contribution in [3.8, 4) is 0 Å². The second-order valence-corrected chi connectivity index (χ2v) is 8.24. The first-order valence-electron chi connectivity index (χ1n) is 9.81. The lowest BCUT2D eigenvalue weighted by molar-refractivity contribution is -0.179. The second-order valence-electron chi connectivity index (χ2n) is 8.24. The highest BCUT2D eigenvalue weighted by molar-refractivity contribution is 6.11. The number of epoxide rings is 1. The largest absolute Gasteiger partial charge is 0.466 e. The predicted molar refractivity (Wildman–Crippen MR) is 104 cm³/mol. The van der Waals surface area contributed by atoms with Gasteiger partial charge >= 0.3 is 11.9 Å². The first-order chi connectivity index (χ1) is 14.0. The lowest BCUT2D eigenvalue weighted by atomic mass is 9.72. The van der Waals surface area contributed by atoms with Gasteiger partial charge in [0.1, 0.15) is 0 Å². The van der Waals surface area contributed by atoms with E-state index in [1.807, 2.05) is 43.3 Å². The van der Waals surface area contributed by atoms with Crippen LogP contribution in [0, 0.1) is 0 Å². The van der Waals surface area contributed by atoms with Crippen molar-refractivity contribution in [3.05, 3.63) is 71.8 Å². The summed E-state index contributed by atoms with van der Waals surface area (Å²) in [4.78, 5) is 27.6. The Kier molecular flexibility index (Phi) is 3.89. The molecular weight excluding hydrogens is 370 g/mol. The van der Waals surface area contributed by atoms with Crippen molar-refractivity contribution in [2.45, 2.75) is 42.7 Å². The topological polar surface area (TPSA) is 68.4 Å². The average molecular weight is 393 g/mol. The summed E-state index contributed by atoms with van der Waals surface area (Å²) in [5, 5.41) is 0. The zero-order valence-corrected chi connectivity index (χ0v) is 16.5. The molecule has 2 aromatic rings. The number of ether oxygens (including phenoxy) is 3. The van der Waals surface area contributed by atoms with Crippen molar-refractivity contribution in [2.75, 3.05) is 13.7 Å². The number of carbonyl (C=O) groups excluding carboxylic acids is 2. The van der Waals surface area contributed by atoms with Crippen molar-refractivity contribution in [2.24, 2.45) is 0 Å². The highest BCUT2D eigenvalue weighted by Gasteiger charge is 2.94. The third kappa shape index (κ3) is 2.36. The minimum Gasteiger partial charge on any atom is -0.466 e. The van der Waals surface area contributed by atoms with Gasteiger partial charge in [-0.15, -0.1) is 0 Å². The van der Waals surface area contributed by atoms with Crippen LogP contribution in [-0.2, 0) is 30.3 Å². The van der Waals surface area contributed by atoms with Crippen LogP contribution in [0.5, 0.6) is 0 Å². The molecule has 3 aliphatic rings. The van der Waals surface area contributed by atoms with E-state index in [2.05, 4.69) is 29.2 Å². The number of hydrogen-bond acceptors (Lipinski definition) is 6. The molecule has 6 nitrogen and oxygen atoms in total. The van der Waals surface area contributed by atoms with Crippen LogP contribution in [0.1, 0.15) is 30.5 Å². The maximum Gasteiger partial charge on any atom is 0.354 e. The number of piperidine rings is 1. The molecule has 0 aliphatic carbocycles. The Morgan fingerprint density at radius 3 is 2.45 bits per heavy atom. The lowest BCUT2D eigenvalue weighted by Gasteiger charge is -2.46. The second kappa shape index (κ2) is 6.15. The van der Waals surface area contributed by atoms with Gasteiger partial charge in [0.2, 0.25) is 0 Å². The van der Waals surface area contributed by atoms with Gasteiger partial charge in [0.25, 0.3) is 5.60 Å². The fourth-order valence-electron chi connectivity index (χ4n) is 5.16. The SMILES string of the molecule is COC(=O)[C@]12O[C@]13C[C@H](c1ccccc1)N(Cc1ccccc1)C[C@@]3(C)OC2=O. The number of methoxy groups -OCH3 is 1. The fraction of sp³-hybridized carbons (Fsp3) is 0.391. The molecule has 150 valence electrons. The predicted octanol–water partition coefficient (Wildman–Crippen LogP) is 2.63. The van der Waals surface area contributed by atoms with E-state index in [1.165, 1.54) is 12.7 Å². The summed E-state index contributed by atoms with van der Waals surface area (Å²) in [6, 6.07) is 20.3. The number of rotatable bonds is 4. The van der Waals surface area contributed by atoms with Gasteiger partial charge in [0.05, 0.1) is 7.11 Å².